The second-order valence-electron chi connectivity index (χ2n) is 4.48. The summed E-state index contributed by atoms with van der Waals surface area (Å²) in [6.07, 6.45) is 2.58. The lowest BCUT2D eigenvalue weighted by atomic mass is 10.1. The van der Waals surface area contributed by atoms with Gasteiger partial charge in [0.15, 0.2) is 5.78 Å². The summed E-state index contributed by atoms with van der Waals surface area (Å²) in [5.74, 6) is -2.25. The first-order valence-electron chi connectivity index (χ1n) is 6.35. The molecular weight excluding hydrogens is 341 g/mol. The van der Waals surface area contributed by atoms with Crippen molar-refractivity contribution in [1.29, 1.82) is 0 Å². The highest BCUT2D eigenvalue weighted by Crippen LogP contribution is 2.22. The van der Waals surface area contributed by atoms with Crippen LogP contribution in [0.2, 0.25) is 10.0 Å². The summed E-state index contributed by atoms with van der Waals surface area (Å²) in [6, 6.07) is 8.28. The van der Waals surface area contributed by atoms with Crippen molar-refractivity contribution in [2.75, 3.05) is 5.32 Å². The quantitative estimate of drug-likeness (QED) is 0.635. The van der Waals surface area contributed by atoms with Crippen LogP contribution in [0.25, 0.3) is 0 Å². The van der Waals surface area contributed by atoms with Gasteiger partial charge in [-0.25, -0.2) is 4.79 Å². The highest BCUT2D eigenvalue weighted by atomic mass is 35.5. The van der Waals surface area contributed by atoms with E-state index in [0.717, 1.165) is 6.07 Å². The summed E-state index contributed by atoms with van der Waals surface area (Å²) in [5, 5.41) is 23.7. The van der Waals surface area contributed by atoms with Crippen molar-refractivity contribution in [3.05, 3.63) is 69.8 Å². The number of carbonyl (C=O) groups excluding carboxylic acids is 1. The molecule has 2 aromatic rings. The Hall–Kier alpha value is -2.50. The second-order valence-corrected chi connectivity index (χ2v) is 5.33. The van der Waals surface area contributed by atoms with E-state index >= 15 is 0 Å². The Labute approximate surface area is 141 Å². The van der Waals surface area contributed by atoms with E-state index in [1.807, 2.05) is 0 Å². The lowest BCUT2D eigenvalue weighted by Crippen LogP contribution is -2.04. The summed E-state index contributed by atoms with van der Waals surface area (Å²) in [5.41, 5.74) is 0.342. The SMILES string of the molecule is O=C(O)c1ccc(N/C=C/C(=O)c2ccc(Cl)cc2Cl)cc1[O-]. The molecule has 2 rings (SSSR count). The Morgan fingerprint density at radius 1 is 1.09 bits per heavy atom. The first kappa shape index (κ1) is 16.9. The zero-order chi connectivity index (χ0) is 17.0. The molecule has 0 aliphatic carbocycles. The number of hydrogen-bond donors (Lipinski definition) is 2. The van der Waals surface area contributed by atoms with Gasteiger partial charge in [-0.1, -0.05) is 29.0 Å². The normalized spacial score (nSPS) is 10.7. The molecule has 0 fully saturated rings. The molecular formula is C16H10Cl2NO4-. The van der Waals surface area contributed by atoms with Crippen LogP contribution in [0.5, 0.6) is 5.75 Å². The zero-order valence-electron chi connectivity index (χ0n) is 11.5. The van der Waals surface area contributed by atoms with Crippen LogP contribution in [0.15, 0.2) is 48.7 Å². The molecule has 0 aliphatic rings. The number of carboxylic acid groups (broad SMARTS) is 1. The number of benzene rings is 2. The Morgan fingerprint density at radius 3 is 2.39 bits per heavy atom. The van der Waals surface area contributed by atoms with E-state index in [9.17, 15) is 14.7 Å². The van der Waals surface area contributed by atoms with E-state index < -0.39 is 11.7 Å². The van der Waals surface area contributed by atoms with Gasteiger partial charge in [-0.05, 0) is 36.4 Å². The van der Waals surface area contributed by atoms with Crippen molar-refractivity contribution in [1.82, 2.24) is 0 Å². The number of rotatable bonds is 5. The monoisotopic (exact) mass is 350 g/mol. The third-order valence-corrected chi connectivity index (χ3v) is 3.44. The van der Waals surface area contributed by atoms with Crippen LogP contribution in [0.3, 0.4) is 0 Å². The molecule has 2 N–H and O–H groups in total. The zero-order valence-corrected chi connectivity index (χ0v) is 13.1. The van der Waals surface area contributed by atoms with Gasteiger partial charge in [0.05, 0.1) is 10.6 Å². The van der Waals surface area contributed by atoms with E-state index in [-0.39, 0.29) is 16.4 Å². The lowest BCUT2D eigenvalue weighted by Gasteiger charge is -2.11. The highest BCUT2D eigenvalue weighted by molar-refractivity contribution is 6.37. The van der Waals surface area contributed by atoms with E-state index in [1.54, 1.807) is 6.07 Å². The molecule has 0 radical (unpaired) electrons. The molecule has 0 atom stereocenters. The Bertz CT molecular complexity index is 803. The molecule has 0 saturated carbocycles. The molecule has 0 amide bonds. The number of anilines is 1. The highest BCUT2D eigenvalue weighted by Gasteiger charge is 2.07. The Kier molecular flexibility index (Phi) is 5.26. The largest absolute Gasteiger partial charge is 0.872 e. The summed E-state index contributed by atoms with van der Waals surface area (Å²) >= 11 is 11.7. The maximum atomic E-state index is 12.0. The van der Waals surface area contributed by atoms with Gasteiger partial charge in [-0.3, -0.25) is 4.79 Å². The molecule has 0 unspecified atom stereocenters. The molecule has 0 spiro atoms. The smallest absolute Gasteiger partial charge is 0.335 e. The standard InChI is InChI=1S/C16H11Cl2NO4/c17-9-1-3-11(13(18)7-9)14(20)5-6-19-10-2-4-12(16(22)23)15(21)8-10/h1-8,19,21H,(H,22,23)/p-1/b6-5+. The Balaban J connectivity index is 2.08. The van der Waals surface area contributed by atoms with Gasteiger partial charge in [0, 0.05) is 28.5 Å². The summed E-state index contributed by atoms with van der Waals surface area (Å²) < 4.78 is 0. The summed E-state index contributed by atoms with van der Waals surface area (Å²) in [7, 11) is 0. The fourth-order valence-corrected chi connectivity index (χ4v) is 2.28. The molecule has 0 aliphatic heterocycles. The van der Waals surface area contributed by atoms with Gasteiger partial charge in [-0.2, -0.15) is 0 Å². The molecule has 0 aromatic heterocycles. The first-order valence-corrected chi connectivity index (χ1v) is 7.11. The Morgan fingerprint density at radius 2 is 1.78 bits per heavy atom. The number of aromatic carboxylic acids is 1. The van der Waals surface area contributed by atoms with Crippen LogP contribution in [0.1, 0.15) is 20.7 Å². The molecule has 2 aromatic carbocycles. The number of carboxylic acids is 1. The number of ketones is 1. The van der Waals surface area contributed by atoms with Crippen molar-refractivity contribution < 1.29 is 19.8 Å². The molecule has 0 saturated heterocycles. The minimum Gasteiger partial charge on any atom is -0.872 e. The van der Waals surface area contributed by atoms with Gasteiger partial charge in [0.2, 0.25) is 0 Å². The third-order valence-electron chi connectivity index (χ3n) is 2.89. The second kappa shape index (κ2) is 7.17. The van der Waals surface area contributed by atoms with Gasteiger partial charge < -0.3 is 15.5 Å². The number of hydrogen-bond acceptors (Lipinski definition) is 4. The van der Waals surface area contributed by atoms with E-state index in [2.05, 4.69) is 5.32 Å². The predicted molar refractivity (Wildman–Crippen MR) is 86.4 cm³/mol. The van der Waals surface area contributed by atoms with E-state index in [1.165, 1.54) is 36.5 Å². The van der Waals surface area contributed by atoms with Crippen molar-refractivity contribution in [3.63, 3.8) is 0 Å². The van der Waals surface area contributed by atoms with Gasteiger partial charge in [0.25, 0.3) is 0 Å². The number of allylic oxidation sites excluding steroid dienone is 1. The van der Waals surface area contributed by atoms with Gasteiger partial charge in [0.1, 0.15) is 0 Å². The van der Waals surface area contributed by atoms with E-state index in [4.69, 9.17) is 28.3 Å². The maximum Gasteiger partial charge on any atom is 0.335 e. The fourth-order valence-electron chi connectivity index (χ4n) is 1.78. The van der Waals surface area contributed by atoms with Crippen LogP contribution in [0, 0.1) is 0 Å². The maximum absolute atomic E-state index is 12.0. The first-order chi connectivity index (χ1) is 10.9. The number of halogens is 2. The predicted octanol–water partition coefficient (Wildman–Crippen LogP) is 3.57. The number of nitrogens with one attached hydrogen (secondary N) is 1. The molecule has 0 bridgehead atoms. The minimum atomic E-state index is -1.29. The summed E-state index contributed by atoms with van der Waals surface area (Å²) in [4.78, 5) is 22.7. The third kappa shape index (κ3) is 4.25. The van der Waals surface area contributed by atoms with Crippen molar-refractivity contribution in [2.45, 2.75) is 0 Å². The van der Waals surface area contributed by atoms with Crippen LogP contribution in [-0.4, -0.2) is 16.9 Å². The van der Waals surface area contributed by atoms with Crippen LogP contribution in [-0.2, 0) is 0 Å². The van der Waals surface area contributed by atoms with Gasteiger partial charge in [-0.15, -0.1) is 0 Å². The van der Waals surface area contributed by atoms with Crippen molar-refractivity contribution >= 4 is 40.6 Å². The van der Waals surface area contributed by atoms with Crippen LogP contribution >= 0.6 is 23.2 Å². The summed E-state index contributed by atoms with van der Waals surface area (Å²) in [6.45, 7) is 0. The van der Waals surface area contributed by atoms with E-state index in [0.29, 0.717) is 16.3 Å². The molecule has 118 valence electrons. The molecule has 0 heterocycles. The topological polar surface area (TPSA) is 89.5 Å². The molecule has 23 heavy (non-hydrogen) atoms. The average Bonchev–Trinajstić information content (AvgIpc) is 2.46. The fraction of sp³-hybridized carbons (Fsp3) is 0. The van der Waals surface area contributed by atoms with Crippen LogP contribution < -0.4 is 10.4 Å². The van der Waals surface area contributed by atoms with Crippen molar-refractivity contribution in [2.24, 2.45) is 0 Å². The average molecular weight is 351 g/mol. The van der Waals surface area contributed by atoms with Crippen molar-refractivity contribution in [3.8, 4) is 5.75 Å². The van der Waals surface area contributed by atoms with Crippen LogP contribution in [0.4, 0.5) is 5.69 Å². The molecule has 5 nitrogen and oxygen atoms in total. The lowest BCUT2D eigenvalue weighted by molar-refractivity contribution is -0.268. The van der Waals surface area contributed by atoms with Gasteiger partial charge >= 0.3 is 5.97 Å². The number of carbonyl (C=O) groups is 2. The minimum absolute atomic E-state index is 0.236. The molecule has 7 heteroatoms.